The predicted molar refractivity (Wildman–Crippen MR) is 54.6 cm³/mol. The summed E-state index contributed by atoms with van der Waals surface area (Å²) >= 11 is 1.31. The Kier molecular flexibility index (Phi) is 3.27. The molecule has 0 aliphatic rings. The van der Waals surface area contributed by atoms with Gasteiger partial charge in [0.2, 0.25) is 10.0 Å². The number of sulfonamides is 1. The molecule has 74 valence electrons. The first-order valence-corrected chi connectivity index (χ1v) is 6.55. The van der Waals surface area contributed by atoms with Crippen molar-refractivity contribution in [2.75, 3.05) is 10.5 Å². The van der Waals surface area contributed by atoms with Gasteiger partial charge >= 0.3 is 0 Å². The van der Waals surface area contributed by atoms with Gasteiger partial charge in [-0.3, -0.25) is 4.72 Å². The zero-order chi connectivity index (χ0) is 9.90. The standard InChI is InChI=1S/C7H12N2O2S2/c1-3-6-5-12-7(8-6)9-13(10,11)4-2/h5H,3-4H2,1-2H3,(H,8,9). The molecule has 0 saturated carbocycles. The Morgan fingerprint density at radius 3 is 2.69 bits per heavy atom. The fraction of sp³-hybridized carbons (Fsp3) is 0.571. The van der Waals surface area contributed by atoms with Gasteiger partial charge in [0.25, 0.3) is 0 Å². The minimum absolute atomic E-state index is 0.0774. The Hall–Kier alpha value is -0.620. The van der Waals surface area contributed by atoms with Crippen molar-refractivity contribution in [3.8, 4) is 0 Å². The Morgan fingerprint density at radius 1 is 1.54 bits per heavy atom. The molecule has 0 atom stereocenters. The van der Waals surface area contributed by atoms with E-state index >= 15 is 0 Å². The van der Waals surface area contributed by atoms with E-state index < -0.39 is 10.0 Å². The van der Waals surface area contributed by atoms with Crippen LogP contribution in [0.1, 0.15) is 19.5 Å². The molecule has 0 unspecified atom stereocenters. The lowest BCUT2D eigenvalue weighted by atomic mass is 10.4. The maximum absolute atomic E-state index is 11.1. The zero-order valence-corrected chi connectivity index (χ0v) is 9.20. The number of aromatic nitrogens is 1. The first kappa shape index (κ1) is 10.5. The van der Waals surface area contributed by atoms with Crippen LogP contribution in [-0.2, 0) is 16.4 Å². The molecule has 1 heterocycles. The summed E-state index contributed by atoms with van der Waals surface area (Å²) in [4.78, 5) is 4.09. The highest BCUT2D eigenvalue weighted by Crippen LogP contribution is 2.16. The molecule has 0 bridgehead atoms. The van der Waals surface area contributed by atoms with Crippen LogP contribution >= 0.6 is 11.3 Å². The summed E-state index contributed by atoms with van der Waals surface area (Å²) in [5.41, 5.74) is 0.916. The van der Waals surface area contributed by atoms with Crippen molar-refractivity contribution < 1.29 is 8.42 Å². The van der Waals surface area contributed by atoms with Crippen molar-refractivity contribution in [3.63, 3.8) is 0 Å². The molecule has 0 aromatic carbocycles. The van der Waals surface area contributed by atoms with Crippen LogP contribution in [0.2, 0.25) is 0 Å². The van der Waals surface area contributed by atoms with E-state index in [9.17, 15) is 8.42 Å². The number of nitrogens with zero attached hydrogens (tertiary/aromatic N) is 1. The minimum atomic E-state index is -3.17. The predicted octanol–water partition coefficient (Wildman–Crippen LogP) is 1.47. The lowest BCUT2D eigenvalue weighted by Gasteiger charge is -1.99. The molecule has 0 saturated heterocycles. The highest BCUT2D eigenvalue weighted by atomic mass is 32.2. The second-order valence-electron chi connectivity index (χ2n) is 2.50. The van der Waals surface area contributed by atoms with Crippen molar-refractivity contribution in [2.24, 2.45) is 0 Å². The number of rotatable bonds is 4. The second-order valence-corrected chi connectivity index (χ2v) is 5.37. The maximum Gasteiger partial charge on any atom is 0.234 e. The quantitative estimate of drug-likeness (QED) is 0.836. The summed E-state index contributed by atoms with van der Waals surface area (Å²) in [5, 5.41) is 2.31. The smallest absolute Gasteiger partial charge is 0.234 e. The lowest BCUT2D eigenvalue weighted by Crippen LogP contribution is -2.14. The monoisotopic (exact) mass is 220 g/mol. The first-order chi connectivity index (χ1) is 6.07. The van der Waals surface area contributed by atoms with Crippen LogP contribution in [0.25, 0.3) is 0 Å². The largest absolute Gasteiger partial charge is 0.259 e. The van der Waals surface area contributed by atoms with Gasteiger partial charge in [0, 0.05) is 5.38 Å². The van der Waals surface area contributed by atoms with E-state index in [1.165, 1.54) is 11.3 Å². The van der Waals surface area contributed by atoms with E-state index in [0.29, 0.717) is 5.13 Å². The summed E-state index contributed by atoms with van der Waals surface area (Å²) in [6.07, 6.45) is 0.824. The maximum atomic E-state index is 11.1. The molecule has 0 radical (unpaired) electrons. The lowest BCUT2D eigenvalue weighted by molar-refractivity contribution is 0.602. The Labute approximate surface area is 82.1 Å². The van der Waals surface area contributed by atoms with Crippen LogP contribution in [0, 0.1) is 0 Å². The number of thiazole rings is 1. The minimum Gasteiger partial charge on any atom is -0.259 e. The molecule has 1 aromatic rings. The van der Waals surface area contributed by atoms with Crippen LogP contribution in [0.15, 0.2) is 5.38 Å². The molecule has 4 nitrogen and oxygen atoms in total. The van der Waals surface area contributed by atoms with Gasteiger partial charge in [-0.15, -0.1) is 11.3 Å². The third kappa shape index (κ3) is 2.96. The second kappa shape index (κ2) is 4.06. The van der Waals surface area contributed by atoms with Crippen LogP contribution in [-0.4, -0.2) is 19.2 Å². The average Bonchev–Trinajstić information content (AvgIpc) is 2.52. The molecule has 13 heavy (non-hydrogen) atoms. The van der Waals surface area contributed by atoms with Crippen molar-refractivity contribution in [2.45, 2.75) is 20.3 Å². The topological polar surface area (TPSA) is 59.1 Å². The molecule has 0 fully saturated rings. The molecular formula is C7H12N2O2S2. The van der Waals surface area contributed by atoms with Gasteiger partial charge in [-0.1, -0.05) is 6.92 Å². The van der Waals surface area contributed by atoms with Crippen molar-refractivity contribution in [3.05, 3.63) is 11.1 Å². The Balaban J connectivity index is 2.75. The van der Waals surface area contributed by atoms with Crippen LogP contribution in [0.5, 0.6) is 0 Å². The average molecular weight is 220 g/mol. The third-order valence-corrected chi connectivity index (χ3v) is 3.74. The van der Waals surface area contributed by atoms with Gasteiger partial charge in [-0.05, 0) is 13.3 Å². The summed E-state index contributed by atoms with van der Waals surface area (Å²) in [6.45, 7) is 3.57. The fourth-order valence-electron chi connectivity index (χ4n) is 0.721. The normalized spacial score (nSPS) is 11.5. The molecule has 0 amide bonds. The van der Waals surface area contributed by atoms with Gasteiger partial charge in [0.15, 0.2) is 5.13 Å². The SMILES string of the molecule is CCc1csc(NS(=O)(=O)CC)n1. The van der Waals surface area contributed by atoms with Crippen molar-refractivity contribution in [1.29, 1.82) is 0 Å². The molecule has 6 heteroatoms. The highest BCUT2D eigenvalue weighted by molar-refractivity contribution is 7.92. The number of anilines is 1. The first-order valence-electron chi connectivity index (χ1n) is 4.02. The molecule has 0 aliphatic carbocycles. The summed E-state index contributed by atoms with van der Waals surface area (Å²) in [6, 6.07) is 0. The van der Waals surface area contributed by atoms with E-state index in [4.69, 9.17) is 0 Å². The van der Waals surface area contributed by atoms with Crippen molar-refractivity contribution >= 4 is 26.5 Å². The van der Waals surface area contributed by atoms with Gasteiger partial charge in [0.1, 0.15) is 0 Å². The number of aryl methyl sites for hydroxylation is 1. The fourth-order valence-corrected chi connectivity index (χ4v) is 2.39. The molecule has 1 rings (SSSR count). The van der Waals surface area contributed by atoms with Gasteiger partial charge in [-0.2, -0.15) is 0 Å². The summed E-state index contributed by atoms with van der Waals surface area (Å²) in [5.74, 6) is 0.0774. The molecule has 0 aliphatic heterocycles. The zero-order valence-electron chi connectivity index (χ0n) is 7.57. The number of hydrogen-bond acceptors (Lipinski definition) is 4. The molecular weight excluding hydrogens is 208 g/mol. The van der Waals surface area contributed by atoms with E-state index in [0.717, 1.165) is 12.1 Å². The van der Waals surface area contributed by atoms with E-state index in [1.54, 1.807) is 6.92 Å². The number of hydrogen-bond donors (Lipinski definition) is 1. The highest BCUT2D eigenvalue weighted by Gasteiger charge is 2.09. The van der Waals surface area contributed by atoms with E-state index in [1.807, 2.05) is 12.3 Å². The Morgan fingerprint density at radius 2 is 2.23 bits per heavy atom. The van der Waals surface area contributed by atoms with Crippen LogP contribution in [0.3, 0.4) is 0 Å². The van der Waals surface area contributed by atoms with Gasteiger partial charge in [0.05, 0.1) is 11.4 Å². The van der Waals surface area contributed by atoms with Crippen LogP contribution < -0.4 is 4.72 Å². The van der Waals surface area contributed by atoms with Crippen LogP contribution in [0.4, 0.5) is 5.13 Å². The molecule has 1 N–H and O–H groups in total. The van der Waals surface area contributed by atoms with E-state index in [-0.39, 0.29) is 5.75 Å². The summed E-state index contributed by atoms with van der Waals surface area (Å²) < 4.78 is 24.6. The summed E-state index contributed by atoms with van der Waals surface area (Å²) in [7, 11) is -3.17. The van der Waals surface area contributed by atoms with Gasteiger partial charge < -0.3 is 0 Å². The van der Waals surface area contributed by atoms with Crippen molar-refractivity contribution in [1.82, 2.24) is 4.98 Å². The third-order valence-electron chi connectivity index (χ3n) is 1.54. The van der Waals surface area contributed by atoms with E-state index in [2.05, 4.69) is 9.71 Å². The van der Waals surface area contributed by atoms with Gasteiger partial charge in [-0.25, -0.2) is 13.4 Å². The number of nitrogens with one attached hydrogen (secondary N) is 1. The molecule has 1 aromatic heterocycles. The molecule has 0 spiro atoms. The Bertz CT molecular complexity index is 370.